The number of hydrogen-bond donors (Lipinski definition) is 1. The van der Waals surface area contributed by atoms with Crippen LogP contribution in [0.5, 0.6) is 0 Å². The topological polar surface area (TPSA) is 49.4 Å². The van der Waals surface area contributed by atoms with E-state index in [1.165, 1.54) is 4.90 Å². The Balaban J connectivity index is 2.69. The van der Waals surface area contributed by atoms with E-state index in [-0.39, 0.29) is 24.0 Å². The van der Waals surface area contributed by atoms with Crippen molar-refractivity contribution in [2.75, 3.05) is 0 Å². The van der Waals surface area contributed by atoms with E-state index >= 15 is 0 Å². The minimum absolute atomic E-state index is 0.0559. The van der Waals surface area contributed by atoms with Gasteiger partial charge in [0.2, 0.25) is 0 Å². The van der Waals surface area contributed by atoms with Gasteiger partial charge in [-0.05, 0) is 26.2 Å². The van der Waals surface area contributed by atoms with E-state index < -0.39 is 0 Å². The minimum atomic E-state index is -0.315. The summed E-state index contributed by atoms with van der Waals surface area (Å²) in [5.41, 5.74) is 0. The molecule has 1 saturated heterocycles. The van der Waals surface area contributed by atoms with E-state index in [0.717, 1.165) is 0 Å². The molecule has 0 aromatic rings. The van der Waals surface area contributed by atoms with Gasteiger partial charge >= 0.3 is 6.03 Å². The van der Waals surface area contributed by atoms with Crippen LogP contribution in [0.4, 0.5) is 4.79 Å². The highest BCUT2D eigenvalue weighted by Gasteiger charge is 2.39. The number of imide groups is 1. The van der Waals surface area contributed by atoms with Crippen LogP contribution in [0.3, 0.4) is 0 Å². The first kappa shape index (κ1) is 11.0. The van der Waals surface area contributed by atoms with Crippen LogP contribution in [-0.2, 0) is 4.79 Å². The predicted octanol–water partition coefficient (Wildman–Crippen LogP) is 1.36. The number of amides is 3. The lowest BCUT2D eigenvalue weighted by Gasteiger charge is -2.17. The molecular weight excluding hydrogens is 180 g/mol. The second-order valence-electron chi connectivity index (χ2n) is 4.43. The molecule has 1 unspecified atom stereocenters. The standard InChI is InChI=1S/C10H18N2O2/c1-6(2)5-8-9(13)12(7(3)4)10(14)11-8/h6-8H,5H2,1-4H3,(H,11,14). The zero-order valence-electron chi connectivity index (χ0n) is 9.20. The van der Waals surface area contributed by atoms with Crippen LogP contribution in [0.15, 0.2) is 0 Å². The molecule has 1 aliphatic heterocycles. The summed E-state index contributed by atoms with van der Waals surface area (Å²) in [6.07, 6.45) is 0.716. The molecular formula is C10H18N2O2. The van der Waals surface area contributed by atoms with Gasteiger partial charge in [-0.2, -0.15) is 0 Å². The molecule has 0 aromatic carbocycles. The van der Waals surface area contributed by atoms with E-state index in [4.69, 9.17) is 0 Å². The third-order valence-electron chi connectivity index (χ3n) is 2.28. The van der Waals surface area contributed by atoms with Crippen molar-refractivity contribution in [3.63, 3.8) is 0 Å². The molecule has 0 saturated carbocycles. The molecule has 80 valence electrons. The van der Waals surface area contributed by atoms with Crippen LogP contribution < -0.4 is 5.32 Å². The lowest BCUT2D eigenvalue weighted by atomic mass is 10.0. The molecule has 1 rings (SSSR count). The van der Waals surface area contributed by atoms with Gasteiger partial charge in [0, 0.05) is 6.04 Å². The maximum atomic E-state index is 11.7. The summed E-state index contributed by atoms with van der Waals surface area (Å²) in [5.74, 6) is 0.329. The smallest absolute Gasteiger partial charge is 0.325 e. The van der Waals surface area contributed by atoms with Crippen LogP contribution in [0, 0.1) is 5.92 Å². The third kappa shape index (κ3) is 2.05. The third-order valence-corrected chi connectivity index (χ3v) is 2.28. The summed E-state index contributed by atoms with van der Waals surface area (Å²) in [7, 11) is 0. The van der Waals surface area contributed by atoms with Crippen molar-refractivity contribution in [1.82, 2.24) is 10.2 Å². The molecule has 1 atom stereocenters. The molecule has 0 radical (unpaired) electrons. The second-order valence-corrected chi connectivity index (χ2v) is 4.43. The first-order chi connectivity index (χ1) is 6.43. The van der Waals surface area contributed by atoms with E-state index in [0.29, 0.717) is 12.3 Å². The number of carbonyl (C=O) groups is 2. The van der Waals surface area contributed by atoms with E-state index in [2.05, 4.69) is 5.32 Å². The largest absolute Gasteiger partial charge is 0.326 e. The fraction of sp³-hybridized carbons (Fsp3) is 0.800. The highest BCUT2D eigenvalue weighted by molar-refractivity contribution is 6.04. The Hall–Kier alpha value is -1.06. The van der Waals surface area contributed by atoms with Crippen molar-refractivity contribution in [1.29, 1.82) is 0 Å². The number of urea groups is 1. The fourth-order valence-electron chi connectivity index (χ4n) is 1.67. The summed E-state index contributed by atoms with van der Waals surface area (Å²) in [6.45, 7) is 7.76. The van der Waals surface area contributed by atoms with Crippen LogP contribution in [0.2, 0.25) is 0 Å². The number of rotatable bonds is 3. The van der Waals surface area contributed by atoms with Gasteiger partial charge in [0.05, 0.1) is 0 Å². The van der Waals surface area contributed by atoms with Gasteiger partial charge in [-0.25, -0.2) is 4.79 Å². The normalized spacial score (nSPS) is 22.4. The molecule has 0 spiro atoms. The first-order valence-corrected chi connectivity index (χ1v) is 5.07. The average molecular weight is 198 g/mol. The molecule has 4 heteroatoms. The van der Waals surface area contributed by atoms with Crippen molar-refractivity contribution in [3.05, 3.63) is 0 Å². The zero-order chi connectivity index (χ0) is 10.9. The maximum Gasteiger partial charge on any atom is 0.325 e. The molecule has 1 aliphatic rings. The molecule has 0 aromatic heterocycles. The first-order valence-electron chi connectivity index (χ1n) is 5.07. The lowest BCUT2D eigenvalue weighted by molar-refractivity contribution is -0.128. The molecule has 1 N–H and O–H groups in total. The highest BCUT2D eigenvalue weighted by Crippen LogP contribution is 2.16. The van der Waals surface area contributed by atoms with Gasteiger partial charge in [-0.15, -0.1) is 0 Å². The monoisotopic (exact) mass is 198 g/mol. The van der Waals surface area contributed by atoms with Crippen molar-refractivity contribution < 1.29 is 9.59 Å². The Morgan fingerprint density at radius 3 is 2.21 bits per heavy atom. The van der Waals surface area contributed by atoms with Crippen LogP contribution in [0.1, 0.15) is 34.1 Å². The Kier molecular flexibility index (Phi) is 3.13. The SMILES string of the molecule is CC(C)CC1NC(=O)N(C(C)C)C1=O. The van der Waals surface area contributed by atoms with Gasteiger partial charge in [-0.3, -0.25) is 9.69 Å². The maximum absolute atomic E-state index is 11.7. The Bertz CT molecular complexity index is 249. The van der Waals surface area contributed by atoms with Gasteiger partial charge in [0.15, 0.2) is 0 Å². The number of nitrogens with zero attached hydrogens (tertiary/aromatic N) is 1. The van der Waals surface area contributed by atoms with Gasteiger partial charge in [0.1, 0.15) is 6.04 Å². The van der Waals surface area contributed by atoms with Gasteiger partial charge in [-0.1, -0.05) is 13.8 Å². The summed E-state index contributed by atoms with van der Waals surface area (Å²) >= 11 is 0. The Morgan fingerprint density at radius 1 is 1.29 bits per heavy atom. The van der Waals surface area contributed by atoms with Crippen molar-refractivity contribution in [2.24, 2.45) is 5.92 Å². The van der Waals surface area contributed by atoms with E-state index in [1.54, 1.807) is 0 Å². The number of carbonyl (C=O) groups excluding carboxylic acids is 2. The lowest BCUT2D eigenvalue weighted by Crippen LogP contribution is -2.37. The van der Waals surface area contributed by atoms with Crippen LogP contribution in [0.25, 0.3) is 0 Å². The summed E-state index contributed by atoms with van der Waals surface area (Å²) in [6, 6.07) is -0.625. The summed E-state index contributed by atoms with van der Waals surface area (Å²) < 4.78 is 0. The van der Waals surface area contributed by atoms with Gasteiger partial charge < -0.3 is 5.32 Å². The fourth-order valence-corrected chi connectivity index (χ4v) is 1.67. The number of nitrogens with one attached hydrogen (secondary N) is 1. The molecule has 1 fully saturated rings. The van der Waals surface area contributed by atoms with E-state index in [9.17, 15) is 9.59 Å². The van der Waals surface area contributed by atoms with E-state index in [1.807, 2.05) is 27.7 Å². The molecule has 4 nitrogen and oxygen atoms in total. The predicted molar refractivity (Wildman–Crippen MR) is 53.8 cm³/mol. The Labute approximate surface area is 84.7 Å². The van der Waals surface area contributed by atoms with Crippen molar-refractivity contribution >= 4 is 11.9 Å². The van der Waals surface area contributed by atoms with Crippen molar-refractivity contribution in [3.8, 4) is 0 Å². The molecule has 14 heavy (non-hydrogen) atoms. The number of hydrogen-bond acceptors (Lipinski definition) is 2. The Morgan fingerprint density at radius 2 is 1.86 bits per heavy atom. The van der Waals surface area contributed by atoms with Crippen LogP contribution >= 0.6 is 0 Å². The molecule has 0 aliphatic carbocycles. The highest BCUT2D eigenvalue weighted by atomic mass is 16.2. The molecule has 3 amide bonds. The summed E-state index contributed by atoms with van der Waals surface area (Å²) in [5, 5.41) is 2.70. The quantitative estimate of drug-likeness (QED) is 0.696. The van der Waals surface area contributed by atoms with Crippen molar-refractivity contribution in [2.45, 2.75) is 46.2 Å². The second kappa shape index (κ2) is 3.98. The van der Waals surface area contributed by atoms with Gasteiger partial charge in [0.25, 0.3) is 5.91 Å². The van der Waals surface area contributed by atoms with Crippen LogP contribution in [-0.4, -0.2) is 28.9 Å². The summed E-state index contributed by atoms with van der Waals surface area (Å²) in [4.78, 5) is 24.4. The average Bonchev–Trinajstić information content (AvgIpc) is 2.25. The minimum Gasteiger partial charge on any atom is -0.326 e. The molecule has 0 bridgehead atoms. The zero-order valence-corrected chi connectivity index (χ0v) is 9.20. The molecule has 1 heterocycles.